The van der Waals surface area contributed by atoms with Crippen molar-refractivity contribution in [2.24, 2.45) is 0 Å². The number of urea groups is 1. The number of nitrogens with zero attached hydrogens (tertiary/aromatic N) is 2. The first-order chi connectivity index (χ1) is 19.3. The maximum absolute atomic E-state index is 14.1. The molecule has 9 nitrogen and oxygen atoms in total. The molecule has 2 aromatic rings. The first kappa shape index (κ1) is 30.7. The standard InChI is InChI=1S/C26H23F7N4O5/c1-23(42,25(29,30)26(31,32)33)21(40)37(11-13-5-16(27)8-17(28)6-13)12-19(38)34-18-4-3-14-9-24(10-15(14)7-18)20(39)35-22(41)36(24)2/h3-8,42H,9-12H2,1-2H3,(H,34,38)(H,35,39,41)/t23?,24-/m0/s1. The van der Waals surface area contributed by atoms with Gasteiger partial charge >= 0.3 is 18.1 Å². The third kappa shape index (κ3) is 5.26. The summed E-state index contributed by atoms with van der Waals surface area (Å²) in [6.45, 7) is -2.31. The van der Waals surface area contributed by atoms with Crippen molar-refractivity contribution in [1.29, 1.82) is 0 Å². The largest absolute Gasteiger partial charge is 0.456 e. The highest BCUT2D eigenvalue weighted by atomic mass is 19.4. The van der Waals surface area contributed by atoms with Gasteiger partial charge < -0.3 is 20.2 Å². The number of nitrogens with one attached hydrogen (secondary N) is 2. The first-order valence-corrected chi connectivity index (χ1v) is 12.2. The Labute approximate surface area is 233 Å². The van der Waals surface area contributed by atoms with Crippen LogP contribution in [0.2, 0.25) is 0 Å². The Bertz CT molecular complexity index is 1460. The van der Waals surface area contributed by atoms with Crippen molar-refractivity contribution in [3.63, 3.8) is 0 Å². The van der Waals surface area contributed by atoms with Gasteiger partial charge in [0.1, 0.15) is 23.7 Å². The highest BCUT2D eigenvalue weighted by Gasteiger charge is 2.71. The van der Waals surface area contributed by atoms with Crippen molar-refractivity contribution in [2.45, 2.75) is 49.5 Å². The number of fused-ring (bicyclic) bond motifs is 1. The van der Waals surface area contributed by atoms with Crippen LogP contribution in [0.3, 0.4) is 0 Å². The minimum atomic E-state index is -6.36. The number of hydrogen-bond acceptors (Lipinski definition) is 5. The molecule has 0 aromatic heterocycles. The van der Waals surface area contributed by atoms with Gasteiger partial charge in [0.25, 0.3) is 11.8 Å². The minimum Gasteiger partial charge on any atom is -0.375 e. The van der Waals surface area contributed by atoms with Gasteiger partial charge in [-0.25, -0.2) is 13.6 Å². The molecule has 0 saturated carbocycles. The van der Waals surface area contributed by atoms with Crippen LogP contribution in [0.25, 0.3) is 0 Å². The zero-order valence-corrected chi connectivity index (χ0v) is 21.9. The van der Waals surface area contributed by atoms with Crippen LogP contribution in [0.1, 0.15) is 23.6 Å². The Morgan fingerprint density at radius 3 is 2.17 bits per heavy atom. The fourth-order valence-corrected chi connectivity index (χ4v) is 4.99. The molecule has 1 fully saturated rings. The summed E-state index contributed by atoms with van der Waals surface area (Å²) in [5.41, 5.74) is -4.65. The molecule has 3 N–H and O–H groups in total. The molecule has 2 aromatic carbocycles. The van der Waals surface area contributed by atoms with Gasteiger partial charge in [-0.1, -0.05) is 6.07 Å². The van der Waals surface area contributed by atoms with E-state index >= 15 is 0 Å². The summed E-state index contributed by atoms with van der Waals surface area (Å²) in [5.74, 6) is -12.1. The summed E-state index contributed by atoms with van der Waals surface area (Å²) >= 11 is 0. The van der Waals surface area contributed by atoms with E-state index in [1.807, 2.05) is 0 Å². The molecule has 0 bridgehead atoms. The van der Waals surface area contributed by atoms with Gasteiger partial charge in [0, 0.05) is 38.2 Å². The Morgan fingerprint density at radius 1 is 1.02 bits per heavy atom. The van der Waals surface area contributed by atoms with Crippen LogP contribution in [0, 0.1) is 11.6 Å². The van der Waals surface area contributed by atoms with Crippen LogP contribution in [0.15, 0.2) is 36.4 Å². The SMILES string of the molecule is CN1C(=O)NC(=O)[C@@]12Cc1ccc(NC(=O)CN(Cc3cc(F)cc(F)c3)C(=O)C(C)(O)C(F)(F)C(F)(F)F)cc1C2. The number of carbonyl (C=O) groups is 4. The summed E-state index contributed by atoms with van der Waals surface area (Å²) in [5, 5.41) is 14.6. The Morgan fingerprint density at radius 2 is 1.62 bits per heavy atom. The van der Waals surface area contributed by atoms with E-state index in [2.05, 4.69) is 10.6 Å². The molecule has 42 heavy (non-hydrogen) atoms. The average molecular weight is 604 g/mol. The normalized spacial score (nSPS) is 19.9. The second-order valence-corrected chi connectivity index (χ2v) is 10.3. The predicted molar refractivity (Wildman–Crippen MR) is 130 cm³/mol. The second kappa shape index (κ2) is 10.3. The lowest BCUT2D eigenvalue weighted by atomic mass is 9.95. The second-order valence-electron chi connectivity index (χ2n) is 10.3. The maximum Gasteiger partial charge on any atom is 0.456 e. The van der Waals surface area contributed by atoms with Gasteiger partial charge in [0.05, 0.1) is 0 Å². The molecule has 1 aliphatic carbocycles. The maximum atomic E-state index is 14.1. The molecule has 2 atom stereocenters. The number of benzene rings is 2. The molecule has 1 heterocycles. The van der Waals surface area contributed by atoms with Crippen molar-refractivity contribution in [1.82, 2.24) is 15.1 Å². The van der Waals surface area contributed by atoms with E-state index in [1.54, 1.807) is 6.07 Å². The molecule has 1 saturated heterocycles. The number of imide groups is 1. The third-order valence-corrected chi connectivity index (χ3v) is 7.35. The van der Waals surface area contributed by atoms with Crippen molar-refractivity contribution >= 4 is 29.4 Å². The highest BCUT2D eigenvalue weighted by Crippen LogP contribution is 2.44. The predicted octanol–water partition coefficient (Wildman–Crippen LogP) is 2.90. The summed E-state index contributed by atoms with van der Waals surface area (Å²) in [4.78, 5) is 51.5. The fraction of sp³-hybridized carbons (Fsp3) is 0.385. The first-order valence-electron chi connectivity index (χ1n) is 12.2. The Balaban J connectivity index is 1.57. The lowest BCUT2D eigenvalue weighted by Crippen LogP contribution is -2.63. The zero-order valence-electron chi connectivity index (χ0n) is 21.9. The van der Waals surface area contributed by atoms with Crippen LogP contribution >= 0.6 is 0 Å². The molecule has 2 aliphatic rings. The number of carbonyl (C=O) groups excluding carboxylic acids is 4. The third-order valence-electron chi connectivity index (χ3n) is 7.35. The molecular formula is C26H23F7N4O5. The van der Waals surface area contributed by atoms with E-state index in [9.17, 15) is 55.0 Å². The Hall–Kier alpha value is -4.21. The molecule has 1 unspecified atom stereocenters. The van der Waals surface area contributed by atoms with Crippen molar-refractivity contribution in [3.05, 3.63) is 64.7 Å². The van der Waals surface area contributed by atoms with Crippen LogP contribution in [-0.4, -0.2) is 75.5 Å². The van der Waals surface area contributed by atoms with E-state index in [1.165, 1.54) is 24.1 Å². The smallest absolute Gasteiger partial charge is 0.375 e. The molecule has 1 spiro atoms. The summed E-state index contributed by atoms with van der Waals surface area (Å²) in [7, 11) is 1.45. The minimum absolute atomic E-state index is 0.0831. The van der Waals surface area contributed by atoms with Gasteiger partial charge in [-0.05, 0) is 47.9 Å². The zero-order chi connectivity index (χ0) is 31.4. The molecule has 226 valence electrons. The average Bonchev–Trinajstić information content (AvgIpc) is 3.34. The lowest BCUT2D eigenvalue weighted by Gasteiger charge is -2.36. The summed E-state index contributed by atoms with van der Waals surface area (Å²) < 4.78 is 94.7. The number of likely N-dealkylation sites (N-methyl/N-ethyl adjacent to an activating group) is 1. The van der Waals surface area contributed by atoms with E-state index in [4.69, 9.17) is 0 Å². The number of amides is 5. The molecular weight excluding hydrogens is 581 g/mol. The van der Waals surface area contributed by atoms with E-state index < -0.39 is 77.3 Å². The number of aliphatic hydroxyl groups is 1. The molecule has 0 radical (unpaired) electrons. The molecule has 1 aliphatic heterocycles. The van der Waals surface area contributed by atoms with Gasteiger partial charge in [0.15, 0.2) is 0 Å². The molecule has 5 amide bonds. The fourth-order valence-electron chi connectivity index (χ4n) is 4.99. The monoisotopic (exact) mass is 604 g/mol. The van der Waals surface area contributed by atoms with E-state index in [0.717, 1.165) is 0 Å². The van der Waals surface area contributed by atoms with Crippen LogP contribution in [-0.2, 0) is 33.8 Å². The summed E-state index contributed by atoms with van der Waals surface area (Å²) in [6, 6.07) is 5.58. The van der Waals surface area contributed by atoms with Crippen LogP contribution in [0.5, 0.6) is 0 Å². The van der Waals surface area contributed by atoms with Crippen molar-refractivity contribution < 1.29 is 55.0 Å². The van der Waals surface area contributed by atoms with E-state index in [0.29, 0.717) is 29.3 Å². The molecule has 4 rings (SSSR count). The van der Waals surface area contributed by atoms with Crippen LogP contribution in [0.4, 0.5) is 41.2 Å². The number of rotatable bonds is 7. The Kier molecular flexibility index (Phi) is 7.51. The topological polar surface area (TPSA) is 119 Å². The lowest BCUT2D eigenvalue weighted by molar-refractivity contribution is -0.331. The van der Waals surface area contributed by atoms with Crippen molar-refractivity contribution in [3.8, 4) is 0 Å². The number of alkyl halides is 5. The van der Waals surface area contributed by atoms with Crippen LogP contribution < -0.4 is 10.6 Å². The number of hydrogen-bond donors (Lipinski definition) is 3. The van der Waals surface area contributed by atoms with Crippen molar-refractivity contribution in [2.75, 3.05) is 18.9 Å². The molecule has 16 heteroatoms. The van der Waals surface area contributed by atoms with Gasteiger partial charge in [-0.2, -0.15) is 22.0 Å². The van der Waals surface area contributed by atoms with E-state index in [-0.39, 0.29) is 30.4 Å². The number of anilines is 1. The van der Waals surface area contributed by atoms with Gasteiger partial charge in [-0.15, -0.1) is 0 Å². The summed E-state index contributed by atoms with van der Waals surface area (Å²) in [6.07, 6.45) is -6.09. The van der Waals surface area contributed by atoms with Gasteiger partial charge in [-0.3, -0.25) is 19.7 Å². The van der Waals surface area contributed by atoms with Gasteiger partial charge in [0.2, 0.25) is 11.5 Å². The highest BCUT2D eigenvalue weighted by molar-refractivity contribution is 6.07. The quantitative estimate of drug-likeness (QED) is 0.332. The number of halogens is 7.